The Morgan fingerprint density at radius 1 is 0.952 bits per heavy atom. The van der Waals surface area contributed by atoms with E-state index in [1.807, 2.05) is 50.2 Å². The van der Waals surface area contributed by atoms with Gasteiger partial charge in [-0.25, -0.2) is 0 Å². The SMILES string of the molecule is COC(=O)C(C)(C)SC(c1ccccc1)c1ccccc1. The van der Waals surface area contributed by atoms with E-state index in [1.54, 1.807) is 11.8 Å². The van der Waals surface area contributed by atoms with Crippen molar-refractivity contribution in [2.75, 3.05) is 7.11 Å². The number of benzene rings is 2. The van der Waals surface area contributed by atoms with E-state index < -0.39 is 4.75 Å². The number of esters is 1. The Morgan fingerprint density at radius 2 is 1.38 bits per heavy atom. The highest BCUT2D eigenvalue weighted by atomic mass is 32.2. The van der Waals surface area contributed by atoms with Crippen molar-refractivity contribution in [1.29, 1.82) is 0 Å². The van der Waals surface area contributed by atoms with Crippen LogP contribution in [0.15, 0.2) is 60.7 Å². The number of carbonyl (C=O) groups is 1. The van der Waals surface area contributed by atoms with E-state index in [2.05, 4.69) is 24.3 Å². The lowest BCUT2D eigenvalue weighted by molar-refractivity contribution is -0.142. The molecule has 2 aromatic rings. The third kappa shape index (κ3) is 3.88. The normalized spacial score (nSPS) is 11.4. The summed E-state index contributed by atoms with van der Waals surface area (Å²) in [5, 5.41) is 0.0986. The fraction of sp³-hybridized carbons (Fsp3) is 0.278. The summed E-state index contributed by atoms with van der Waals surface area (Å²) in [6.45, 7) is 3.81. The minimum absolute atomic E-state index is 0.0986. The Morgan fingerprint density at radius 3 is 1.76 bits per heavy atom. The van der Waals surface area contributed by atoms with Gasteiger partial charge in [-0.2, -0.15) is 0 Å². The summed E-state index contributed by atoms with van der Waals surface area (Å²) < 4.78 is 4.32. The van der Waals surface area contributed by atoms with Gasteiger partial charge in [-0.15, -0.1) is 11.8 Å². The van der Waals surface area contributed by atoms with Crippen molar-refractivity contribution in [3.8, 4) is 0 Å². The van der Waals surface area contributed by atoms with Crippen molar-refractivity contribution < 1.29 is 9.53 Å². The minimum Gasteiger partial charge on any atom is -0.468 e. The summed E-state index contributed by atoms with van der Waals surface area (Å²) in [5.41, 5.74) is 2.37. The first-order chi connectivity index (χ1) is 10.0. The van der Waals surface area contributed by atoms with E-state index in [0.29, 0.717) is 0 Å². The highest BCUT2D eigenvalue weighted by Gasteiger charge is 2.33. The first-order valence-electron chi connectivity index (χ1n) is 6.91. The molecule has 0 aliphatic heterocycles. The van der Waals surface area contributed by atoms with Crippen LogP contribution in [0, 0.1) is 0 Å². The molecule has 0 aromatic heterocycles. The van der Waals surface area contributed by atoms with Gasteiger partial charge in [0.25, 0.3) is 0 Å². The van der Waals surface area contributed by atoms with Gasteiger partial charge in [0.15, 0.2) is 0 Å². The zero-order chi connectivity index (χ0) is 15.3. The molecule has 2 aromatic carbocycles. The van der Waals surface area contributed by atoms with Gasteiger partial charge in [0, 0.05) is 0 Å². The zero-order valence-electron chi connectivity index (χ0n) is 12.6. The predicted octanol–water partition coefficient (Wildman–Crippen LogP) is 4.46. The highest BCUT2D eigenvalue weighted by Crippen LogP contribution is 2.43. The second-order valence-electron chi connectivity index (χ2n) is 5.32. The second kappa shape index (κ2) is 6.81. The van der Waals surface area contributed by atoms with Gasteiger partial charge in [0.05, 0.1) is 12.4 Å². The van der Waals surface area contributed by atoms with Crippen molar-refractivity contribution in [1.82, 2.24) is 0 Å². The van der Waals surface area contributed by atoms with E-state index >= 15 is 0 Å². The molecule has 0 heterocycles. The summed E-state index contributed by atoms with van der Waals surface area (Å²) in [6, 6.07) is 20.5. The van der Waals surface area contributed by atoms with Gasteiger partial charge in [0.1, 0.15) is 4.75 Å². The summed E-state index contributed by atoms with van der Waals surface area (Å²) in [4.78, 5) is 12.0. The van der Waals surface area contributed by atoms with E-state index in [0.717, 1.165) is 0 Å². The topological polar surface area (TPSA) is 26.3 Å². The van der Waals surface area contributed by atoms with Crippen LogP contribution in [0.3, 0.4) is 0 Å². The van der Waals surface area contributed by atoms with Gasteiger partial charge in [-0.1, -0.05) is 60.7 Å². The Balaban J connectivity index is 2.36. The van der Waals surface area contributed by atoms with Gasteiger partial charge in [-0.05, 0) is 25.0 Å². The maximum atomic E-state index is 12.0. The minimum atomic E-state index is -0.606. The molecule has 0 spiro atoms. The lowest BCUT2D eigenvalue weighted by atomic mass is 10.0. The van der Waals surface area contributed by atoms with Crippen LogP contribution >= 0.6 is 11.8 Å². The number of carbonyl (C=O) groups excluding carboxylic acids is 1. The fourth-order valence-corrected chi connectivity index (χ4v) is 3.53. The molecule has 0 bridgehead atoms. The standard InChI is InChI=1S/C18H20O2S/c1-18(2,17(19)20-3)21-16(14-10-6-4-7-11-14)15-12-8-5-9-13-15/h4-13,16H,1-3H3. The van der Waals surface area contributed by atoms with E-state index in [4.69, 9.17) is 4.74 Å². The molecule has 0 radical (unpaired) electrons. The molecule has 0 saturated heterocycles. The molecule has 0 atom stereocenters. The van der Waals surface area contributed by atoms with Crippen molar-refractivity contribution >= 4 is 17.7 Å². The van der Waals surface area contributed by atoms with Crippen LogP contribution in [0.5, 0.6) is 0 Å². The van der Waals surface area contributed by atoms with E-state index in [-0.39, 0.29) is 11.2 Å². The van der Waals surface area contributed by atoms with E-state index in [9.17, 15) is 4.79 Å². The number of methoxy groups -OCH3 is 1. The maximum absolute atomic E-state index is 12.0. The summed E-state index contributed by atoms with van der Waals surface area (Å²) in [5.74, 6) is -0.204. The van der Waals surface area contributed by atoms with Crippen molar-refractivity contribution in [3.05, 3.63) is 71.8 Å². The Labute approximate surface area is 130 Å². The van der Waals surface area contributed by atoms with Crippen LogP contribution in [0.4, 0.5) is 0 Å². The first kappa shape index (κ1) is 15.6. The molecule has 0 aliphatic rings. The average Bonchev–Trinajstić information content (AvgIpc) is 2.53. The lowest BCUT2D eigenvalue weighted by Gasteiger charge is -2.27. The fourth-order valence-electron chi connectivity index (χ4n) is 2.17. The Hall–Kier alpha value is -1.74. The molecule has 2 nitrogen and oxygen atoms in total. The monoisotopic (exact) mass is 300 g/mol. The molecule has 110 valence electrons. The highest BCUT2D eigenvalue weighted by molar-refractivity contribution is 8.01. The Bertz CT molecular complexity index is 539. The third-order valence-corrected chi connectivity index (χ3v) is 4.83. The third-order valence-electron chi connectivity index (χ3n) is 3.29. The number of rotatable bonds is 5. The number of hydrogen-bond donors (Lipinski definition) is 0. The maximum Gasteiger partial charge on any atom is 0.321 e. The van der Waals surface area contributed by atoms with Crippen LogP contribution in [-0.2, 0) is 9.53 Å². The molecule has 0 fully saturated rings. The molecule has 3 heteroatoms. The number of thioether (sulfide) groups is 1. The Kier molecular flexibility index (Phi) is 5.07. The summed E-state index contributed by atoms with van der Waals surface area (Å²) >= 11 is 1.61. The molecule has 0 saturated carbocycles. The quantitative estimate of drug-likeness (QED) is 0.763. The average molecular weight is 300 g/mol. The molecule has 0 amide bonds. The summed E-state index contributed by atoms with van der Waals surface area (Å²) in [7, 11) is 1.44. The van der Waals surface area contributed by atoms with Crippen LogP contribution in [0.1, 0.15) is 30.2 Å². The van der Waals surface area contributed by atoms with Gasteiger partial charge >= 0.3 is 5.97 Å². The second-order valence-corrected chi connectivity index (χ2v) is 7.05. The zero-order valence-corrected chi connectivity index (χ0v) is 13.4. The molecule has 21 heavy (non-hydrogen) atoms. The van der Waals surface area contributed by atoms with Crippen LogP contribution < -0.4 is 0 Å². The molecular weight excluding hydrogens is 280 g/mol. The summed E-state index contributed by atoms with van der Waals surface area (Å²) in [6.07, 6.45) is 0. The van der Waals surface area contributed by atoms with Gasteiger partial charge in [0.2, 0.25) is 0 Å². The van der Waals surface area contributed by atoms with Crippen LogP contribution in [0.25, 0.3) is 0 Å². The van der Waals surface area contributed by atoms with Crippen LogP contribution in [0.2, 0.25) is 0 Å². The first-order valence-corrected chi connectivity index (χ1v) is 7.78. The van der Waals surface area contributed by atoms with Crippen molar-refractivity contribution in [2.24, 2.45) is 0 Å². The smallest absolute Gasteiger partial charge is 0.321 e. The van der Waals surface area contributed by atoms with Crippen LogP contribution in [-0.4, -0.2) is 17.8 Å². The number of ether oxygens (including phenoxy) is 1. The molecular formula is C18H20O2S. The van der Waals surface area contributed by atoms with Gasteiger partial charge < -0.3 is 4.74 Å². The molecule has 0 aliphatic carbocycles. The van der Waals surface area contributed by atoms with E-state index in [1.165, 1.54) is 18.2 Å². The largest absolute Gasteiger partial charge is 0.468 e. The lowest BCUT2D eigenvalue weighted by Crippen LogP contribution is -2.30. The van der Waals surface area contributed by atoms with Crippen molar-refractivity contribution in [2.45, 2.75) is 23.8 Å². The van der Waals surface area contributed by atoms with Gasteiger partial charge in [-0.3, -0.25) is 4.79 Å². The predicted molar refractivity (Wildman–Crippen MR) is 88.4 cm³/mol. The molecule has 0 unspecified atom stereocenters. The molecule has 0 N–H and O–H groups in total. The molecule has 2 rings (SSSR count). The number of hydrogen-bond acceptors (Lipinski definition) is 3. The van der Waals surface area contributed by atoms with Crippen molar-refractivity contribution in [3.63, 3.8) is 0 Å².